The molecule has 1 N–H and O–H groups in total. The molecule has 0 atom stereocenters. The van der Waals surface area contributed by atoms with Crippen molar-refractivity contribution in [3.63, 3.8) is 0 Å². The Morgan fingerprint density at radius 1 is 1.18 bits per heavy atom. The standard InChI is InChI=1S/C17H14N2O2S/c1-21-15-9-8-12-5-2-3-6-13(12)14(15)11-18-19-17(20)16-7-4-10-22-16/h2-11H,1H3,(H,19,20)/b18-11-. The summed E-state index contributed by atoms with van der Waals surface area (Å²) in [5, 5.41) is 8.03. The predicted molar refractivity (Wildman–Crippen MR) is 89.9 cm³/mol. The van der Waals surface area contributed by atoms with Crippen LogP contribution < -0.4 is 10.2 Å². The number of carbonyl (C=O) groups excluding carboxylic acids is 1. The summed E-state index contributed by atoms with van der Waals surface area (Å²) >= 11 is 1.38. The lowest BCUT2D eigenvalue weighted by atomic mass is 10.0. The molecule has 0 spiro atoms. The number of benzene rings is 2. The Morgan fingerprint density at radius 2 is 2.05 bits per heavy atom. The van der Waals surface area contributed by atoms with Crippen LogP contribution in [0, 0.1) is 0 Å². The van der Waals surface area contributed by atoms with Gasteiger partial charge >= 0.3 is 0 Å². The number of rotatable bonds is 4. The van der Waals surface area contributed by atoms with E-state index in [-0.39, 0.29) is 5.91 Å². The van der Waals surface area contributed by atoms with Crippen LogP contribution in [0.2, 0.25) is 0 Å². The minimum atomic E-state index is -0.217. The second kappa shape index (κ2) is 6.41. The minimum absolute atomic E-state index is 0.217. The van der Waals surface area contributed by atoms with Crippen LogP contribution in [0.25, 0.3) is 10.8 Å². The third-order valence-electron chi connectivity index (χ3n) is 3.26. The average Bonchev–Trinajstić information content (AvgIpc) is 3.09. The van der Waals surface area contributed by atoms with Crippen molar-refractivity contribution in [1.29, 1.82) is 0 Å². The molecule has 0 aliphatic heterocycles. The van der Waals surface area contributed by atoms with E-state index in [1.807, 2.05) is 47.8 Å². The van der Waals surface area contributed by atoms with Gasteiger partial charge in [0.1, 0.15) is 5.75 Å². The Morgan fingerprint density at radius 3 is 2.82 bits per heavy atom. The van der Waals surface area contributed by atoms with Crippen LogP contribution in [0.4, 0.5) is 0 Å². The molecule has 22 heavy (non-hydrogen) atoms. The van der Waals surface area contributed by atoms with Crippen LogP contribution in [0.3, 0.4) is 0 Å². The van der Waals surface area contributed by atoms with Crippen LogP contribution in [0.1, 0.15) is 15.2 Å². The molecule has 0 radical (unpaired) electrons. The van der Waals surface area contributed by atoms with E-state index < -0.39 is 0 Å². The number of methoxy groups -OCH3 is 1. The maximum absolute atomic E-state index is 11.9. The number of hydrogen-bond donors (Lipinski definition) is 1. The summed E-state index contributed by atoms with van der Waals surface area (Å²) < 4.78 is 5.38. The van der Waals surface area contributed by atoms with Crippen molar-refractivity contribution >= 4 is 34.2 Å². The number of fused-ring (bicyclic) bond motifs is 1. The maximum Gasteiger partial charge on any atom is 0.281 e. The highest BCUT2D eigenvalue weighted by molar-refractivity contribution is 7.12. The highest BCUT2D eigenvalue weighted by Crippen LogP contribution is 2.26. The Kier molecular flexibility index (Phi) is 4.16. The van der Waals surface area contributed by atoms with Gasteiger partial charge < -0.3 is 4.74 Å². The summed E-state index contributed by atoms with van der Waals surface area (Å²) in [5.74, 6) is 0.498. The van der Waals surface area contributed by atoms with Crippen molar-refractivity contribution in [2.24, 2.45) is 5.10 Å². The van der Waals surface area contributed by atoms with Gasteiger partial charge in [0, 0.05) is 5.56 Å². The summed E-state index contributed by atoms with van der Waals surface area (Å²) in [6.45, 7) is 0. The second-order valence-electron chi connectivity index (χ2n) is 4.58. The zero-order chi connectivity index (χ0) is 15.4. The fourth-order valence-electron chi connectivity index (χ4n) is 2.21. The number of carbonyl (C=O) groups is 1. The lowest BCUT2D eigenvalue weighted by Gasteiger charge is -2.08. The SMILES string of the molecule is COc1ccc2ccccc2c1/C=N\NC(=O)c1cccs1. The molecule has 0 saturated heterocycles. The van der Waals surface area contributed by atoms with E-state index in [2.05, 4.69) is 10.5 Å². The average molecular weight is 310 g/mol. The lowest BCUT2D eigenvalue weighted by Crippen LogP contribution is -2.16. The molecule has 1 heterocycles. The van der Waals surface area contributed by atoms with Gasteiger partial charge in [-0.1, -0.05) is 36.4 Å². The molecule has 1 amide bonds. The van der Waals surface area contributed by atoms with Crippen molar-refractivity contribution in [3.05, 3.63) is 64.4 Å². The largest absolute Gasteiger partial charge is 0.496 e. The smallest absolute Gasteiger partial charge is 0.281 e. The number of amides is 1. The normalized spacial score (nSPS) is 11.0. The van der Waals surface area contributed by atoms with Crippen LogP contribution in [0.5, 0.6) is 5.75 Å². The Balaban J connectivity index is 1.89. The summed E-state index contributed by atoms with van der Waals surface area (Å²) in [7, 11) is 1.62. The van der Waals surface area contributed by atoms with Crippen LogP contribution in [0.15, 0.2) is 59.0 Å². The van der Waals surface area contributed by atoms with Gasteiger partial charge in [0.25, 0.3) is 5.91 Å². The quantitative estimate of drug-likeness (QED) is 0.590. The molecule has 4 nitrogen and oxygen atoms in total. The van der Waals surface area contributed by atoms with Crippen molar-refractivity contribution < 1.29 is 9.53 Å². The molecule has 0 saturated carbocycles. The van der Waals surface area contributed by atoms with Crippen molar-refractivity contribution in [3.8, 4) is 5.75 Å². The second-order valence-corrected chi connectivity index (χ2v) is 5.53. The van der Waals surface area contributed by atoms with Crippen molar-refractivity contribution in [1.82, 2.24) is 5.43 Å². The van der Waals surface area contributed by atoms with Gasteiger partial charge in [-0.3, -0.25) is 4.79 Å². The van der Waals surface area contributed by atoms with Crippen LogP contribution >= 0.6 is 11.3 Å². The first-order chi connectivity index (χ1) is 10.8. The molecule has 3 aromatic rings. The molecule has 0 aliphatic rings. The molecule has 0 aliphatic carbocycles. The summed E-state index contributed by atoms with van der Waals surface area (Å²) in [4.78, 5) is 12.5. The first-order valence-electron chi connectivity index (χ1n) is 6.72. The number of thiophene rings is 1. The van der Waals surface area contributed by atoms with E-state index in [1.54, 1.807) is 19.4 Å². The third-order valence-corrected chi connectivity index (χ3v) is 4.12. The molecule has 2 aromatic carbocycles. The lowest BCUT2D eigenvalue weighted by molar-refractivity contribution is 0.0959. The van der Waals surface area contributed by atoms with Gasteiger partial charge in [-0.15, -0.1) is 11.3 Å². The summed E-state index contributed by atoms with van der Waals surface area (Å²) in [5.41, 5.74) is 3.37. The maximum atomic E-state index is 11.9. The Hall–Kier alpha value is -2.66. The number of nitrogens with one attached hydrogen (secondary N) is 1. The van der Waals surface area contributed by atoms with Crippen molar-refractivity contribution in [2.75, 3.05) is 7.11 Å². The van der Waals surface area contributed by atoms with Gasteiger partial charge in [0.2, 0.25) is 0 Å². The van der Waals surface area contributed by atoms with Gasteiger partial charge in [0.05, 0.1) is 18.2 Å². The molecule has 5 heteroatoms. The molecular formula is C17H14N2O2S. The summed E-state index contributed by atoms with van der Waals surface area (Å²) in [6, 6.07) is 15.4. The topological polar surface area (TPSA) is 50.7 Å². The van der Waals surface area contributed by atoms with Crippen molar-refractivity contribution in [2.45, 2.75) is 0 Å². The Bertz CT molecular complexity index is 826. The van der Waals surface area contributed by atoms with E-state index in [9.17, 15) is 4.79 Å². The van der Waals surface area contributed by atoms with E-state index in [0.29, 0.717) is 10.6 Å². The van der Waals surface area contributed by atoms with E-state index in [1.165, 1.54) is 11.3 Å². The predicted octanol–water partition coefficient (Wildman–Crippen LogP) is 3.67. The third kappa shape index (κ3) is 2.84. The van der Waals surface area contributed by atoms with Gasteiger partial charge in [-0.05, 0) is 28.3 Å². The van der Waals surface area contributed by atoms with E-state index in [4.69, 9.17) is 4.74 Å². The zero-order valence-electron chi connectivity index (χ0n) is 11.9. The fraction of sp³-hybridized carbons (Fsp3) is 0.0588. The van der Waals surface area contributed by atoms with Crippen LogP contribution in [-0.2, 0) is 0 Å². The zero-order valence-corrected chi connectivity index (χ0v) is 12.8. The van der Waals surface area contributed by atoms with Gasteiger partial charge in [-0.2, -0.15) is 5.10 Å². The summed E-state index contributed by atoms with van der Waals surface area (Å²) in [6.07, 6.45) is 1.62. The number of hydrazone groups is 1. The number of ether oxygens (including phenoxy) is 1. The number of hydrogen-bond acceptors (Lipinski definition) is 4. The van der Waals surface area contributed by atoms with E-state index in [0.717, 1.165) is 16.3 Å². The highest BCUT2D eigenvalue weighted by atomic mass is 32.1. The Labute approximate surface area is 132 Å². The molecule has 110 valence electrons. The molecule has 3 rings (SSSR count). The highest BCUT2D eigenvalue weighted by Gasteiger charge is 2.07. The molecule has 0 fully saturated rings. The van der Waals surface area contributed by atoms with E-state index >= 15 is 0 Å². The monoisotopic (exact) mass is 310 g/mol. The van der Waals surface area contributed by atoms with Crippen LogP contribution in [-0.4, -0.2) is 19.2 Å². The molecule has 1 aromatic heterocycles. The first kappa shape index (κ1) is 14.3. The fourth-order valence-corrected chi connectivity index (χ4v) is 2.82. The number of nitrogens with zero attached hydrogens (tertiary/aromatic N) is 1. The first-order valence-corrected chi connectivity index (χ1v) is 7.60. The molecular weight excluding hydrogens is 296 g/mol. The van der Waals surface area contributed by atoms with Gasteiger partial charge in [0.15, 0.2) is 0 Å². The molecule has 0 bridgehead atoms. The van der Waals surface area contributed by atoms with Gasteiger partial charge in [-0.25, -0.2) is 5.43 Å². The molecule has 0 unspecified atom stereocenters. The minimum Gasteiger partial charge on any atom is -0.496 e.